The number of aliphatic hydroxyl groups excluding tert-OH is 1. The molecule has 1 aromatic rings. The van der Waals surface area contributed by atoms with E-state index >= 15 is 0 Å². The summed E-state index contributed by atoms with van der Waals surface area (Å²) in [6.07, 6.45) is 2.44. The number of aliphatic hydroxyl groups is 1. The van der Waals surface area contributed by atoms with Gasteiger partial charge in [-0.15, -0.1) is 0 Å². The van der Waals surface area contributed by atoms with E-state index in [0.717, 1.165) is 34.7 Å². The van der Waals surface area contributed by atoms with Gasteiger partial charge >= 0.3 is 0 Å². The molecule has 1 aliphatic rings. The number of rotatable bonds is 4. The van der Waals surface area contributed by atoms with E-state index in [-0.39, 0.29) is 6.61 Å². The molecule has 20 heavy (non-hydrogen) atoms. The number of thiazole rings is 1. The maximum Gasteiger partial charge on any atom is 0.185 e. The highest BCUT2D eigenvalue weighted by atomic mass is 32.1. The van der Waals surface area contributed by atoms with E-state index in [0.29, 0.717) is 12.0 Å². The van der Waals surface area contributed by atoms with Crippen LogP contribution in [0.3, 0.4) is 0 Å². The molecule has 0 radical (unpaired) electrons. The van der Waals surface area contributed by atoms with Crippen LogP contribution >= 0.6 is 11.3 Å². The van der Waals surface area contributed by atoms with Crippen molar-refractivity contribution in [1.29, 1.82) is 0 Å². The smallest absolute Gasteiger partial charge is 0.185 e. The van der Waals surface area contributed by atoms with Crippen molar-refractivity contribution in [3.05, 3.63) is 10.6 Å². The molecule has 2 rings (SSSR count). The largest absolute Gasteiger partial charge is 0.391 e. The van der Waals surface area contributed by atoms with E-state index in [1.165, 1.54) is 12.8 Å². The summed E-state index contributed by atoms with van der Waals surface area (Å²) < 4.78 is 5.15. The first-order chi connectivity index (χ1) is 9.45. The Hall–Kier alpha value is -0.650. The van der Waals surface area contributed by atoms with Gasteiger partial charge in [-0.1, -0.05) is 32.1 Å². The minimum Gasteiger partial charge on any atom is -0.391 e. The molecular formula is C15H26N2O2S. The van der Waals surface area contributed by atoms with Gasteiger partial charge in [0.2, 0.25) is 0 Å². The number of aromatic nitrogens is 1. The van der Waals surface area contributed by atoms with Crippen LogP contribution in [0.1, 0.15) is 44.2 Å². The lowest BCUT2D eigenvalue weighted by molar-refractivity contribution is 0.178. The van der Waals surface area contributed by atoms with E-state index in [4.69, 9.17) is 4.74 Å². The van der Waals surface area contributed by atoms with Gasteiger partial charge in [0.1, 0.15) is 0 Å². The average Bonchev–Trinajstić information content (AvgIpc) is 2.81. The highest BCUT2D eigenvalue weighted by Gasteiger charge is 2.29. The van der Waals surface area contributed by atoms with Gasteiger partial charge in [-0.2, -0.15) is 0 Å². The van der Waals surface area contributed by atoms with Crippen LogP contribution in [0, 0.1) is 11.3 Å². The fourth-order valence-corrected chi connectivity index (χ4v) is 3.79. The predicted octanol–water partition coefficient (Wildman–Crippen LogP) is 3.04. The second-order valence-corrected chi connectivity index (χ2v) is 7.65. The van der Waals surface area contributed by atoms with Crippen LogP contribution in [0.4, 0.5) is 5.13 Å². The summed E-state index contributed by atoms with van der Waals surface area (Å²) in [5.41, 5.74) is 1.28. The number of methoxy groups -OCH3 is 1. The molecule has 4 nitrogen and oxygen atoms in total. The van der Waals surface area contributed by atoms with Gasteiger partial charge in [0.25, 0.3) is 0 Å². The molecule has 1 aliphatic heterocycles. The van der Waals surface area contributed by atoms with Crippen LogP contribution in [-0.4, -0.2) is 30.3 Å². The zero-order valence-corrected chi connectivity index (χ0v) is 13.8. The molecule has 5 heteroatoms. The number of hydrogen-bond donors (Lipinski definition) is 1. The Bertz CT molecular complexity index is 432. The van der Waals surface area contributed by atoms with Crippen molar-refractivity contribution in [3.8, 4) is 0 Å². The lowest BCUT2D eigenvalue weighted by Crippen LogP contribution is -2.38. The van der Waals surface area contributed by atoms with Gasteiger partial charge in [-0.05, 0) is 24.2 Å². The van der Waals surface area contributed by atoms with Crippen molar-refractivity contribution in [1.82, 2.24) is 4.98 Å². The van der Waals surface area contributed by atoms with Gasteiger partial charge in [-0.25, -0.2) is 4.98 Å². The van der Waals surface area contributed by atoms with Crippen molar-refractivity contribution in [2.24, 2.45) is 11.3 Å². The van der Waals surface area contributed by atoms with Crippen LogP contribution in [0.2, 0.25) is 0 Å². The summed E-state index contributed by atoms with van der Waals surface area (Å²) in [5, 5.41) is 10.4. The van der Waals surface area contributed by atoms with E-state index in [1.807, 2.05) is 0 Å². The number of nitrogens with zero attached hydrogens (tertiary/aromatic N) is 2. The Morgan fingerprint density at radius 2 is 2.00 bits per heavy atom. The second kappa shape index (κ2) is 6.41. The maximum atomic E-state index is 9.40. The Labute approximate surface area is 125 Å². The van der Waals surface area contributed by atoms with E-state index in [9.17, 15) is 5.11 Å². The molecule has 1 fully saturated rings. The minimum atomic E-state index is 0.0504. The summed E-state index contributed by atoms with van der Waals surface area (Å²) in [4.78, 5) is 7.92. The maximum absolute atomic E-state index is 9.40. The SMILES string of the molecule is COCc1nc(N2CCC(C(C)(C)C)CC2)sc1CO. The molecule has 0 saturated carbocycles. The summed E-state index contributed by atoms with van der Waals surface area (Å²) in [6.45, 7) is 9.64. The van der Waals surface area contributed by atoms with Gasteiger partial charge in [0, 0.05) is 20.2 Å². The summed E-state index contributed by atoms with van der Waals surface area (Å²) >= 11 is 1.60. The quantitative estimate of drug-likeness (QED) is 0.928. The molecule has 0 spiro atoms. The first-order valence-corrected chi connectivity index (χ1v) is 8.10. The molecule has 1 saturated heterocycles. The molecule has 0 unspecified atom stereocenters. The number of hydrogen-bond acceptors (Lipinski definition) is 5. The molecular weight excluding hydrogens is 272 g/mol. The normalized spacial score (nSPS) is 17.8. The molecule has 114 valence electrons. The van der Waals surface area contributed by atoms with Crippen LogP contribution < -0.4 is 4.90 Å². The van der Waals surface area contributed by atoms with Crippen LogP contribution in [0.15, 0.2) is 0 Å². The van der Waals surface area contributed by atoms with Crippen LogP contribution in [0.5, 0.6) is 0 Å². The lowest BCUT2D eigenvalue weighted by Gasteiger charge is -2.38. The van der Waals surface area contributed by atoms with Gasteiger partial charge in [0.05, 0.1) is 23.8 Å². The first-order valence-electron chi connectivity index (χ1n) is 7.29. The molecule has 0 amide bonds. The summed E-state index contributed by atoms with van der Waals surface area (Å²) in [6, 6.07) is 0. The monoisotopic (exact) mass is 298 g/mol. The summed E-state index contributed by atoms with van der Waals surface area (Å²) in [7, 11) is 1.66. The number of piperidine rings is 1. The Morgan fingerprint density at radius 1 is 1.35 bits per heavy atom. The van der Waals surface area contributed by atoms with E-state index in [2.05, 4.69) is 30.7 Å². The fraction of sp³-hybridized carbons (Fsp3) is 0.800. The summed E-state index contributed by atoms with van der Waals surface area (Å²) in [5.74, 6) is 0.787. The number of anilines is 1. The van der Waals surface area contributed by atoms with Crippen molar-refractivity contribution >= 4 is 16.5 Å². The van der Waals surface area contributed by atoms with E-state index < -0.39 is 0 Å². The molecule has 0 bridgehead atoms. The molecule has 1 aromatic heterocycles. The van der Waals surface area contributed by atoms with Crippen molar-refractivity contribution < 1.29 is 9.84 Å². The zero-order chi connectivity index (χ0) is 14.8. The predicted molar refractivity (Wildman–Crippen MR) is 83.1 cm³/mol. The Kier molecular flexibility index (Phi) is 5.04. The third-order valence-electron chi connectivity index (χ3n) is 4.18. The number of ether oxygens (including phenoxy) is 1. The fourth-order valence-electron chi connectivity index (χ4n) is 2.81. The van der Waals surface area contributed by atoms with Gasteiger partial charge in [0.15, 0.2) is 5.13 Å². The molecule has 1 N–H and O–H groups in total. The van der Waals surface area contributed by atoms with Crippen LogP contribution in [0.25, 0.3) is 0 Å². The standard InChI is InChI=1S/C15H26N2O2S/c1-15(2,3)11-5-7-17(8-6-11)14-16-12(10-19-4)13(9-18)20-14/h11,18H,5-10H2,1-4H3. The zero-order valence-electron chi connectivity index (χ0n) is 13.0. The average molecular weight is 298 g/mol. The van der Waals surface area contributed by atoms with Crippen molar-refractivity contribution in [2.75, 3.05) is 25.1 Å². The Morgan fingerprint density at radius 3 is 2.50 bits per heavy atom. The van der Waals surface area contributed by atoms with Gasteiger partial charge in [-0.3, -0.25) is 0 Å². The van der Waals surface area contributed by atoms with Crippen LogP contribution in [-0.2, 0) is 18.0 Å². The Balaban J connectivity index is 2.03. The molecule has 0 aromatic carbocycles. The second-order valence-electron chi connectivity index (χ2n) is 6.58. The minimum absolute atomic E-state index is 0.0504. The highest BCUT2D eigenvalue weighted by Crippen LogP contribution is 2.37. The highest BCUT2D eigenvalue weighted by molar-refractivity contribution is 7.15. The molecule has 0 atom stereocenters. The van der Waals surface area contributed by atoms with Crippen molar-refractivity contribution in [3.63, 3.8) is 0 Å². The lowest BCUT2D eigenvalue weighted by atomic mass is 9.75. The topological polar surface area (TPSA) is 45.6 Å². The first kappa shape index (κ1) is 15.7. The molecule has 2 heterocycles. The van der Waals surface area contributed by atoms with Crippen molar-refractivity contribution in [2.45, 2.75) is 46.8 Å². The molecule has 0 aliphatic carbocycles. The third kappa shape index (κ3) is 3.51. The van der Waals surface area contributed by atoms with Gasteiger partial charge < -0.3 is 14.7 Å². The van der Waals surface area contributed by atoms with E-state index in [1.54, 1.807) is 18.4 Å². The third-order valence-corrected chi connectivity index (χ3v) is 5.33.